The summed E-state index contributed by atoms with van der Waals surface area (Å²) in [6.45, 7) is 6.38. The van der Waals surface area contributed by atoms with E-state index in [9.17, 15) is 14.9 Å². The van der Waals surface area contributed by atoms with E-state index in [1.807, 2.05) is 20.8 Å². The molecule has 0 bridgehead atoms. The second kappa shape index (κ2) is 5.69. The molecule has 19 heavy (non-hydrogen) atoms. The average molecular weight is 265 g/mol. The molecule has 0 saturated carbocycles. The van der Waals surface area contributed by atoms with Crippen molar-refractivity contribution in [2.45, 2.75) is 20.8 Å². The number of anilines is 1. The third-order valence-corrected chi connectivity index (χ3v) is 2.51. The lowest BCUT2D eigenvalue weighted by Gasteiger charge is -2.18. The van der Waals surface area contributed by atoms with Crippen molar-refractivity contribution >= 4 is 17.3 Å². The minimum absolute atomic E-state index is 0.0705. The van der Waals surface area contributed by atoms with Crippen LogP contribution in [0.25, 0.3) is 0 Å². The van der Waals surface area contributed by atoms with E-state index in [0.29, 0.717) is 12.2 Å². The Morgan fingerprint density at radius 3 is 2.47 bits per heavy atom. The maximum absolute atomic E-state index is 12.0. The normalized spacial score (nSPS) is 10.9. The molecule has 0 fully saturated rings. The maximum atomic E-state index is 12.0. The molecule has 0 saturated heterocycles. The fourth-order valence-electron chi connectivity index (χ4n) is 1.47. The molecule has 6 nitrogen and oxygen atoms in total. The highest BCUT2D eigenvalue weighted by molar-refractivity contribution is 5.99. The summed E-state index contributed by atoms with van der Waals surface area (Å²) in [5.74, 6) is -0.432. The Bertz CT molecular complexity index is 492. The van der Waals surface area contributed by atoms with Crippen molar-refractivity contribution in [1.82, 2.24) is 5.32 Å². The molecule has 0 aliphatic carbocycles. The van der Waals surface area contributed by atoms with Crippen molar-refractivity contribution in [3.05, 3.63) is 33.9 Å². The van der Waals surface area contributed by atoms with Gasteiger partial charge in [-0.3, -0.25) is 14.9 Å². The summed E-state index contributed by atoms with van der Waals surface area (Å²) < 4.78 is 0. The van der Waals surface area contributed by atoms with Gasteiger partial charge in [-0.1, -0.05) is 20.8 Å². The monoisotopic (exact) mass is 265 g/mol. The van der Waals surface area contributed by atoms with Crippen molar-refractivity contribution in [3.63, 3.8) is 0 Å². The molecule has 1 amide bonds. The second-order valence-corrected chi connectivity index (χ2v) is 5.48. The van der Waals surface area contributed by atoms with Gasteiger partial charge in [-0.2, -0.15) is 0 Å². The van der Waals surface area contributed by atoms with Crippen molar-refractivity contribution < 1.29 is 9.72 Å². The van der Waals surface area contributed by atoms with Crippen LogP contribution in [0.5, 0.6) is 0 Å². The van der Waals surface area contributed by atoms with E-state index in [-0.39, 0.29) is 16.7 Å². The highest BCUT2D eigenvalue weighted by atomic mass is 16.6. The van der Waals surface area contributed by atoms with E-state index in [2.05, 4.69) is 10.6 Å². The minimum Gasteiger partial charge on any atom is -0.388 e. The van der Waals surface area contributed by atoms with Gasteiger partial charge in [0.15, 0.2) is 0 Å². The maximum Gasteiger partial charge on any atom is 0.282 e. The average Bonchev–Trinajstić information content (AvgIpc) is 2.34. The number of carbonyl (C=O) groups is 1. The quantitative estimate of drug-likeness (QED) is 0.646. The minimum atomic E-state index is -0.550. The summed E-state index contributed by atoms with van der Waals surface area (Å²) in [6, 6.07) is 4.38. The van der Waals surface area contributed by atoms with Crippen molar-refractivity contribution in [2.75, 3.05) is 18.9 Å². The van der Waals surface area contributed by atoms with Gasteiger partial charge in [0.25, 0.3) is 11.6 Å². The summed E-state index contributed by atoms with van der Waals surface area (Å²) >= 11 is 0. The van der Waals surface area contributed by atoms with Gasteiger partial charge >= 0.3 is 0 Å². The van der Waals surface area contributed by atoms with Crippen molar-refractivity contribution in [1.29, 1.82) is 0 Å². The molecule has 0 radical (unpaired) electrons. The van der Waals surface area contributed by atoms with E-state index in [1.165, 1.54) is 12.1 Å². The lowest BCUT2D eigenvalue weighted by atomic mass is 9.97. The summed E-state index contributed by atoms with van der Waals surface area (Å²) in [6.07, 6.45) is 0. The van der Waals surface area contributed by atoms with E-state index < -0.39 is 10.8 Å². The predicted octanol–water partition coefficient (Wildman–Crippen LogP) is 2.41. The Morgan fingerprint density at radius 2 is 2.00 bits per heavy atom. The van der Waals surface area contributed by atoms with Crippen LogP contribution in [0.4, 0.5) is 11.4 Å². The van der Waals surface area contributed by atoms with Gasteiger partial charge < -0.3 is 10.6 Å². The van der Waals surface area contributed by atoms with Crippen LogP contribution in [0.2, 0.25) is 0 Å². The Kier molecular flexibility index (Phi) is 4.47. The Morgan fingerprint density at radius 1 is 1.37 bits per heavy atom. The van der Waals surface area contributed by atoms with Crippen LogP contribution in [0.3, 0.4) is 0 Å². The van der Waals surface area contributed by atoms with Gasteiger partial charge in [0.1, 0.15) is 5.56 Å². The first-order valence-electron chi connectivity index (χ1n) is 5.99. The third-order valence-electron chi connectivity index (χ3n) is 2.51. The third kappa shape index (κ3) is 4.24. The Labute approximate surface area is 112 Å². The molecule has 104 valence electrons. The second-order valence-electron chi connectivity index (χ2n) is 5.48. The highest BCUT2D eigenvalue weighted by Gasteiger charge is 2.21. The topological polar surface area (TPSA) is 84.3 Å². The first kappa shape index (κ1) is 14.9. The lowest BCUT2D eigenvalue weighted by molar-refractivity contribution is -0.385. The molecule has 0 spiro atoms. The predicted molar refractivity (Wildman–Crippen MR) is 74.4 cm³/mol. The van der Waals surface area contributed by atoms with Crippen LogP contribution < -0.4 is 10.6 Å². The molecule has 1 aromatic carbocycles. The Hall–Kier alpha value is -2.11. The van der Waals surface area contributed by atoms with Gasteiger partial charge in [-0.25, -0.2) is 0 Å². The van der Waals surface area contributed by atoms with Crippen LogP contribution in [0.1, 0.15) is 31.1 Å². The summed E-state index contributed by atoms with van der Waals surface area (Å²) in [7, 11) is 1.69. The SMILES string of the molecule is CNc1ccc([N+](=O)[O-])c(C(=O)NCC(C)(C)C)c1. The molecule has 6 heteroatoms. The molecule has 2 N–H and O–H groups in total. The first-order valence-corrected chi connectivity index (χ1v) is 5.99. The first-order chi connectivity index (χ1) is 8.74. The van der Waals surface area contributed by atoms with E-state index >= 15 is 0 Å². The van der Waals surface area contributed by atoms with Crippen molar-refractivity contribution in [3.8, 4) is 0 Å². The molecule has 0 heterocycles. The fraction of sp³-hybridized carbons (Fsp3) is 0.462. The van der Waals surface area contributed by atoms with Gasteiger partial charge in [-0.15, -0.1) is 0 Å². The van der Waals surface area contributed by atoms with E-state index in [0.717, 1.165) is 0 Å². The van der Waals surface area contributed by atoms with E-state index in [4.69, 9.17) is 0 Å². The number of nitro groups is 1. The standard InChI is InChI=1S/C13H19N3O3/c1-13(2,3)8-15-12(17)10-7-9(14-4)5-6-11(10)16(18)19/h5-7,14H,8H2,1-4H3,(H,15,17). The number of hydrogen-bond acceptors (Lipinski definition) is 4. The smallest absolute Gasteiger partial charge is 0.282 e. The number of hydrogen-bond donors (Lipinski definition) is 2. The largest absolute Gasteiger partial charge is 0.388 e. The molecule has 1 aromatic rings. The van der Waals surface area contributed by atoms with Crippen LogP contribution in [0, 0.1) is 15.5 Å². The summed E-state index contributed by atoms with van der Waals surface area (Å²) in [4.78, 5) is 22.4. The van der Waals surface area contributed by atoms with Crippen molar-refractivity contribution in [2.24, 2.45) is 5.41 Å². The molecule has 0 aliphatic rings. The van der Waals surface area contributed by atoms with Crippen LogP contribution in [-0.2, 0) is 0 Å². The number of nitrogens with zero attached hydrogens (tertiary/aromatic N) is 1. The number of nitrogens with one attached hydrogen (secondary N) is 2. The van der Waals surface area contributed by atoms with Crippen LogP contribution >= 0.6 is 0 Å². The Balaban J connectivity index is 3.02. The number of nitro benzene ring substituents is 1. The molecule has 0 aromatic heterocycles. The van der Waals surface area contributed by atoms with Crippen LogP contribution in [-0.4, -0.2) is 24.4 Å². The molecular formula is C13H19N3O3. The number of carbonyl (C=O) groups excluding carboxylic acids is 1. The number of amides is 1. The lowest BCUT2D eigenvalue weighted by Crippen LogP contribution is -2.32. The fourth-order valence-corrected chi connectivity index (χ4v) is 1.47. The molecule has 1 rings (SSSR count). The number of rotatable bonds is 4. The number of benzene rings is 1. The summed E-state index contributed by atoms with van der Waals surface area (Å²) in [5, 5.41) is 16.5. The van der Waals surface area contributed by atoms with E-state index in [1.54, 1.807) is 13.1 Å². The van der Waals surface area contributed by atoms with Gasteiger partial charge in [0, 0.05) is 25.3 Å². The molecule has 0 aliphatic heterocycles. The van der Waals surface area contributed by atoms with Gasteiger partial charge in [0.05, 0.1) is 4.92 Å². The molecule has 0 atom stereocenters. The summed E-state index contributed by atoms with van der Waals surface area (Å²) in [5.41, 5.74) is 0.462. The zero-order valence-electron chi connectivity index (χ0n) is 11.6. The molecular weight excluding hydrogens is 246 g/mol. The van der Waals surface area contributed by atoms with Crippen LogP contribution in [0.15, 0.2) is 18.2 Å². The molecule has 0 unspecified atom stereocenters. The zero-order valence-corrected chi connectivity index (χ0v) is 11.6. The van der Waals surface area contributed by atoms with Gasteiger partial charge in [-0.05, 0) is 17.5 Å². The highest BCUT2D eigenvalue weighted by Crippen LogP contribution is 2.22. The van der Waals surface area contributed by atoms with Gasteiger partial charge in [0.2, 0.25) is 0 Å². The zero-order chi connectivity index (χ0) is 14.6.